The Morgan fingerprint density at radius 3 is 2.60 bits per heavy atom. The summed E-state index contributed by atoms with van der Waals surface area (Å²) in [5.41, 5.74) is 6.79. The Morgan fingerprint density at radius 1 is 1.30 bits per heavy atom. The molecule has 0 radical (unpaired) electrons. The van der Waals surface area contributed by atoms with Gasteiger partial charge in [-0.15, -0.1) is 0 Å². The fourth-order valence-corrected chi connectivity index (χ4v) is 2.63. The highest BCUT2D eigenvalue weighted by Crippen LogP contribution is 2.36. The minimum absolute atomic E-state index is 0.0859. The van der Waals surface area contributed by atoms with Crippen LogP contribution in [0.25, 0.3) is 0 Å². The third kappa shape index (κ3) is 2.27. The lowest BCUT2D eigenvalue weighted by Gasteiger charge is -2.31. The number of rotatable bonds is 2. The first-order valence-electron chi connectivity index (χ1n) is 6.78. The topological polar surface area (TPSA) is 85.0 Å². The maximum atomic E-state index is 12.5. The SMILES string of the molecule is Nc1cc2c(cc1C(=O)N1CCC(CO)CC1)OCO2. The van der Waals surface area contributed by atoms with Crippen LogP contribution < -0.4 is 15.2 Å². The number of piperidine rings is 1. The molecule has 1 fully saturated rings. The van der Waals surface area contributed by atoms with Gasteiger partial charge in [0.05, 0.1) is 5.56 Å². The monoisotopic (exact) mass is 278 g/mol. The lowest BCUT2D eigenvalue weighted by atomic mass is 9.97. The number of likely N-dealkylation sites (tertiary alicyclic amines) is 1. The molecule has 6 nitrogen and oxygen atoms in total. The molecule has 0 saturated carbocycles. The van der Waals surface area contributed by atoms with E-state index in [-0.39, 0.29) is 19.3 Å². The molecular weight excluding hydrogens is 260 g/mol. The van der Waals surface area contributed by atoms with Gasteiger partial charge in [-0.1, -0.05) is 0 Å². The van der Waals surface area contributed by atoms with Gasteiger partial charge in [0.2, 0.25) is 6.79 Å². The number of aliphatic hydroxyl groups excluding tert-OH is 1. The second-order valence-corrected chi connectivity index (χ2v) is 5.21. The summed E-state index contributed by atoms with van der Waals surface area (Å²) >= 11 is 0. The molecule has 0 bridgehead atoms. The van der Waals surface area contributed by atoms with Crippen LogP contribution in [0.4, 0.5) is 5.69 Å². The Bertz CT molecular complexity index is 524. The Hall–Kier alpha value is -1.95. The van der Waals surface area contributed by atoms with Gasteiger partial charge in [-0.05, 0) is 24.8 Å². The van der Waals surface area contributed by atoms with Crippen molar-refractivity contribution in [3.05, 3.63) is 17.7 Å². The largest absolute Gasteiger partial charge is 0.454 e. The second-order valence-electron chi connectivity index (χ2n) is 5.21. The van der Waals surface area contributed by atoms with Gasteiger partial charge >= 0.3 is 0 Å². The third-order valence-electron chi connectivity index (χ3n) is 3.94. The summed E-state index contributed by atoms with van der Waals surface area (Å²) in [5, 5.41) is 9.13. The van der Waals surface area contributed by atoms with E-state index in [4.69, 9.17) is 20.3 Å². The van der Waals surface area contributed by atoms with Crippen molar-refractivity contribution in [2.75, 3.05) is 32.2 Å². The number of nitrogens with zero attached hydrogens (tertiary/aromatic N) is 1. The van der Waals surface area contributed by atoms with Crippen LogP contribution in [0.2, 0.25) is 0 Å². The highest BCUT2D eigenvalue weighted by Gasteiger charge is 2.26. The number of benzene rings is 1. The summed E-state index contributed by atoms with van der Waals surface area (Å²) in [6.45, 7) is 1.65. The molecular formula is C14H18N2O4. The van der Waals surface area contributed by atoms with Crippen molar-refractivity contribution >= 4 is 11.6 Å². The van der Waals surface area contributed by atoms with Crippen LogP contribution in [0.15, 0.2) is 12.1 Å². The van der Waals surface area contributed by atoms with Crippen molar-refractivity contribution in [1.29, 1.82) is 0 Å². The van der Waals surface area contributed by atoms with E-state index in [9.17, 15) is 4.79 Å². The Labute approximate surface area is 117 Å². The number of nitrogen functional groups attached to an aromatic ring is 1. The molecule has 20 heavy (non-hydrogen) atoms. The number of fused-ring (bicyclic) bond motifs is 1. The number of aliphatic hydroxyl groups is 1. The molecule has 0 atom stereocenters. The predicted molar refractivity (Wildman–Crippen MR) is 72.7 cm³/mol. The van der Waals surface area contributed by atoms with Crippen LogP contribution in [-0.2, 0) is 0 Å². The molecule has 2 aliphatic heterocycles. The smallest absolute Gasteiger partial charge is 0.256 e. The average molecular weight is 278 g/mol. The minimum atomic E-state index is -0.0859. The molecule has 0 unspecified atom stereocenters. The van der Waals surface area contributed by atoms with Crippen molar-refractivity contribution < 1.29 is 19.4 Å². The van der Waals surface area contributed by atoms with Crippen LogP contribution in [0.3, 0.4) is 0 Å². The normalized spacial score (nSPS) is 18.4. The third-order valence-corrected chi connectivity index (χ3v) is 3.94. The summed E-state index contributed by atoms with van der Waals surface area (Å²) in [5.74, 6) is 1.36. The predicted octanol–water partition coefficient (Wildman–Crippen LogP) is 0.842. The zero-order valence-electron chi connectivity index (χ0n) is 11.2. The molecule has 3 N–H and O–H groups in total. The summed E-state index contributed by atoms with van der Waals surface area (Å²) < 4.78 is 10.5. The van der Waals surface area contributed by atoms with Crippen LogP contribution >= 0.6 is 0 Å². The molecule has 6 heteroatoms. The number of amides is 1. The lowest BCUT2D eigenvalue weighted by molar-refractivity contribution is 0.0651. The van der Waals surface area contributed by atoms with E-state index in [0.29, 0.717) is 41.8 Å². The van der Waals surface area contributed by atoms with E-state index >= 15 is 0 Å². The first kappa shape index (κ1) is 13.1. The fraction of sp³-hybridized carbons (Fsp3) is 0.500. The molecule has 1 saturated heterocycles. The molecule has 0 aliphatic carbocycles. The Kier molecular flexibility index (Phi) is 3.40. The Balaban J connectivity index is 1.78. The van der Waals surface area contributed by atoms with Crippen molar-refractivity contribution in [1.82, 2.24) is 4.90 Å². The lowest BCUT2D eigenvalue weighted by Crippen LogP contribution is -2.39. The highest BCUT2D eigenvalue weighted by molar-refractivity contribution is 6.00. The highest BCUT2D eigenvalue weighted by atomic mass is 16.7. The zero-order chi connectivity index (χ0) is 14.1. The molecule has 0 spiro atoms. The van der Waals surface area contributed by atoms with Crippen LogP contribution in [0.5, 0.6) is 11.5 Å². The van der Waals surface area contributed by atoms with E-state index in [1.54, 1.807) is 17.0 Å². The van der Waals surface area contributed by atoms with Gasteiger partial charge in [-0.25, -0.2) is 0 Å². The maximum absolute atomic E-state index is 12.5. The summed E-state index contributed by atoms with van der Waals surface area (Å²) in [6, 6.07) is 3.29. The summed E-state index contributed by atoms with van der Waals surface area (Å²) in [4.78, 5) is 14.3. The molecule has 108 valence electrons. The maximum Gasteiger partial charge on any atom is 0.256 e. The van der Waals surface area contributed by atoms with Crippen molar-refractivity contribution in [2.24, 2.45) is 5.92 Å². The van der Waals surface area contributed by atoms with E-state index in [2.05, 4.69) is 0 Å². The zero-order valence-corrected chi connectivity index (χ0v) is 11.2. The minimum Gasteiger partial charge on any atom is -0.454 e. The molecule has 3 rings (SSSR count). The second kappa shape index (κ2) is 5.20. The number of anilines is 1. The summed E-state index contributed by atoms with van der Waals surface area (Å²) in [7, 11) is 0. The van der Waals surface area contributed by atoms with Gasteiger partial charge in [-0.3, -0.25) is 4.79 Å². The van der Waals surface area contributed by atoms with Gasteiger partial charge in [-0.2, -0.15) is 0 Å². The Morgan fingerprint density at radius 2 is 1.95 bits per heavy atom. The fourth-order valence-electron chi connectivity index (χ4n) is 2.63. The van der Waals surface area contributed by atoms with E-state index in [1.807, 2.05) is 0 Å². The van der Waals surface area contributed by atoms with Crippen molar-refractivity contribution in [3.63, 3.8) is 0 Å². The molecule has 1 amide bonds. The quantitative estimate of drug-likeness (QED) is 0.783. The van der Waals surface area contributed by atoms with E-state index in [0.717, 1.165) is 12.8 Å². The van der Waals surface area contributed by atoms with Gasteiger partial charge in [0.15, 0.2) is 11.5 Å². The first-order valence-corrected chi connectivity index (χ1v) is 6.78. The molecule has 2 aliphatic rings. The average Bonchev–Trinajstić information content (AvgIpc) is 2.93. The van der Waals surface area contributed by atoms with Gasteiger partial charge < -0.3 is 25.2 Å². The first-order chi connectivity index (χ1) is 9.69. The van der Waals surface area contributed by atoms with E-state index < -0.39 is 0 Å². The number of ether oxygens (including phenoxy) is 2. The van der Waals surface area contributed by atoms with E-state index in [1.165, 1.54) is 0 Å². The van der Waals surface area contributed by atoms with Crippen LogP contribution in [0, 0.1) is 5.92 Å². The molecule has 1 aromatic rings. The molecule has 2 heterocycles. The molecule has 0 aromatic heterocycles. The number of hydrogen-bond acceptors (Lipinski definition) is 5. The van der Waals surface area contributed by atoms with Crippen molar-refractivity contribution in [2.45, 2.75) is 12.8 Å². The van der Waals surface area contributed by atoms with Gasteiger partial charge in [0, 0.05) is 31.5 Å². The molecule has 1 aromatic carbocycles. The van der Waals surface area contributed by atoms with Crippen molar-refractivity contribution in [3.8, 4) is 11.5 Å². The van der Waals surface area contributed by atoms with Gasteiger partial charge in [0.25, 0.3) is 5.91 Å². The summed E-state index contributed by atoms with van der Waals surface area (Å²) in [6.07, 6.45) is 1.65. The number of hydrogen-bond donors (Lipinski definition) is 2. The number of nitrogens with two attached hydrogens (primary N) is 1. The number of carbonyl (C=O) groups excluding carboxylic acids is 1. The van der Waals surface area contributed by atoms with Crippen LogP contribution in [-0.4, -0.2) is 42.4 Å². The van der Waals surface area contributed by atoms with Crippen LogP contribution in [0.1, 0.15) is 23.2 Å². The standard InChI is InChI=1S/C14H18N2O4/c15-11-6-13-12(19-8-20-13)5-10(11)14(18)16-3-1-9(7-17)2-4-16/h5-6,9,17H,1-4,7-8,15H2. The van der Waals surface area contributed by atoms with Gasteiger partial charge in [0.1, 0.15) is 0 Å². The number of carbonyl (C=O) groups is 1.